The lowest BCUT2D eigenvalue weighted by Crippen LogP contribution is -2.48. The molecule has 1 N–H and O–H groups in total. The van der Waals surface area contributed by atoms with E-state index in [9.17, 15) is 14.4 Å². The van der Waals surface area contributed by atoms with E-state index < -0.39 is 11.6 Å². The summed E-state index contributed by atoms with van der Waals surface area (Å²) in [4.78, 5) is 42.9. The van der Waals surface area contributed by atoms with Crippen molar-refractivity contribution in [3.63, 3.8) is 0 Å². The average molecular weight is 432 g/mol. The van der Waals surface area contributed by atoms with Crippen molar-refractivity contribution in [1.82, 2.24) is 15.1 Å². The summed E-state index contributed by atoms with van der Waals surface area (Å²) < 4.78 is 0. The van der Waals surface area contributed by atoms with Gasteiger partial charge in [-0.2, -0.15) is 0 Å². The standard InChI is InChI=1S/C26H29N3O3/c1-18(20-13-14-20)28(16-19-8-3-2-4-9-19)23(30)17-29-24(31)26(27-25(29)32)15-7-11-21-10-5-6-12-22(21)26/h2-6,8-10,12,18,20H,7,11,13-17H2,1H3,(H,27,32). The number of amides is 4. The minimum absolute atomic E-state index is 0.0767. The molecule has 1 heterocycles. The first-order valence-electron chi connectivity index (χ1n) is 11.6. The van der Waals surface area contributed by atoms with E-state index in [1.165, 1.54) is 0 Å². The van der Waals surface area contributed by atoms with Gasteiger partial charge < -0.3 is 10.2 Å². The SMILES string of the molecule is CC(C1CC1)N(Cc1ccccc1)C(=O)CN1C(=O)NC2(CCCc3ccccc32)C1=O. The largest absolute Gasteiger partial charge is 0.334 e. The van der Waals surface area contributed by atoms with Crippen molar-refractivity contribution in [2.45, 2.75) is 57.2 Å². The third-order valence-electron chi connectivity index (χ3n) is 7.26. The van der Waals surface area contributed by atoms with Gasteiger partial charge in [-0.25, -0.2) is 4.79 Å². The number of imide groups is 1. The van der Waals surface area contributed by atoms with E-state index >= 15 is 0 Å². The normalized spacial score (nSPS) is 23.1. The fourth-order valence-electron chi connectivity index (χ4n) is 5.25. The smallest absolute Gasteiger partial charge is 0.325 e. The molecule has 0 radical (unpaired) electrons. The second kappa shape index (κ2) is 8.08. The summed E-state index contributed by atoms with van der Waals surface area (Å²) in [5, 5.41) is 2.95. The lowest BCUT2D eigenvalue weighted by molar-refractivity contribution is -0.141. The predicted octanol–water partition coefficient (Wildman–Crippen LogP) is 3.60. The highest BCUT2D eigenvalue weighted by Gasteiger charge is 2.54. The fourth-order valence-corrected chi connectivity index (χ4v) is 5.25. The first kappa shape index (κ1) is 20.7. The molecule has 0 aromatic heterocycles. The Morgan fingerprint density at radius 1 is 1.12 bits per heavy atom. The van der Waals surface area contributed by atoms with Crippen molar-refractivity contribution < 1.29 is 14.4 Å². The van der Waals surface area contributed by atoms with Crippen molar-refractivity contribution in [3.8, 4) is 0 Å². The molecule has 2 aromatic rings. The van der Waals surface area contributed by atoms with Gasteiger partial charge in [0, 0.05) is 12.6 Å². The van der Waals surface area contributed by atoms with Crippen LogP contribution in [0.25, 0.3) is 0 Å². The summed E-state index contributed by atoms with van der Waals surface area (Å²) >= 11 is 0. The predicted molar refractivity (Wildman–Crippen MR) is 120 cm³/mol. The average Bonchev–Trinajstić information content (AvgIpc) is 3.63. The zero-order chi connectivity index (χ0) is 22.3. The Labute approximate surface area is 188 Å². The van der Waals surface area contributed by atoms with E-state index in [0.717, 1.165) is 47.3 Å². The van der Waals surface area contributed by atoms with Crippen LogP contribution in [0.15, 0.2) is 54.6 Å². The molecule has 3 aliphatic rings. The van der Waals surface area contributed by atoms with E-state index in [0.29, 0.717) is 18.9 Å². The van der Waals surface area contributed by atoms with Crippen LogP contribution in [0.2, 0.25) is 0 Å². The number of rotatable bonds is 6. The zero-order valence-corrected chi connectivity index (χ0v) is 18.4. The van der Waals surface area contributed by atoms with Crippen LogP contribution in [0, 0.1) is 5.92 Å². The van der Waals surface area contributed by atoms with Gasteiger partial charge in [-0.3, -0.25) is 14.5 Å². The van der Waals surface area contributed by atoms with Crippen LogP contribution in [0.4, 0.5) is 4.79 Å². The molecule has 2 unspecified atom stereocenters. The van der Waals surface area contributed by atoms with Gasteiger partial charge in [0.25, 0.3) is 5.91 Å². The molecule has 1 saturated carbocycles. The highest BCUT2D eigenvalue weighted by molar-refractivity contribution is 6.09. The number of carbonyl (C=O) groups excluding carboxylic acids is 3. The molecule has 1 spiro atoms. The van der Waals surface area contributed by atoms with E-state index in [4.69, 9.17) is 0 Å². The van der Waals surface area contributed by atoms with Crippen LogP contribution >= 0.6 is 0 Å². The Morgan fingerprint density at radius 3 is 2.59 bits per heavy atom. The zero-order valence-electron chi connectivity index (χ0n) is 18.4. The van der Waals surface area contributed by atoms with E-state index in [-0.39, 0.29) is 24.4 Å². The van der Waals surface area contributed by atoms with Crippen molar-refractivity contribution in [1.29, 1.82) is 0 Å². The molecule has 4 amide bonds. The first-order chi connectivity index (χ1) is 15.5. The first-order valence-corrected chi connectivity index (χ1v) is 11.6. The van der Waals surface area contributed by atoms with Gasteiger partial charge in [0.2, 0.25) is 5.91 Å². The van der Waals surface area contributed by atoms with Gasteiger partial charge in [-0.15, -0.1) is 0 Å². The number of carbonyl (C=O) groups is 3. The van der Waals surface area contributed by atoms with Gasteiger partial charge in [-0.1, -0.05) is 54.6 Å². The molecule has 1 aliphatic heterocycles. The maximum Gasteiger partial charge on any atom is 0.325 e. The van der Waals surface area contributed by atoms with E-state index in [2.05, 4.69) is 12.2 Å². The molecule has 6 nitrogen and oxygen atoms in total. The highest BCUT2D eigenvalue weighted by atomic mass is 16.2. The van der Waals surface area contributed by atoms with Gasteiger partial charge in [0.05, 0.1) is 0 Å². The summed E-state index contributed by atoms with van der Waals surface area (Å²) in [5.74, 6) is 0.00182. The molecule has 166 valence electrons. The van der Waals surface area contributed by atoms with Crippen LogP contribution < -0.4 is 5.32 Å². The summed E-state index contributed by atoms with van der Waals surface area (Å²) in [6.07, 6.45) is 4.50. The van der Waals surface area contributed by atoms with Gasteiger partial charge >= 0.3 is 6.03 Å². The minimum Gasteiger partial charge on any atom is -0.334 e. The van der Waals surface area contributed by atoms with Crippen molar-refractivity contribution >= 4 is 17.8 Å². The van der Waals surface area contributed by atoms with Crippen LogP contribution in [0.5, 0.6) is 0 Å². The van der Waals surface area contributed by atoms with Crippen LogP contribution in [-0.4, -0.2) is 40.2 Å². The number of aryl methyl sites for hydroxylation is 1. The van der Waals surface area contributed by atoms with Crippen molar-refractivity contribution in [2.24, 2.45) is 5.92 Å². The summed E-state index contributed by atoms with van der Waals surface area (Å²) in [7, 11) is 0. The van der Waals surface area contributed by atoms with Gasteiger partial charge in [0.15, 0.2) is 0 Å². The fraction of sp³-hybridized carbons (Fsp3) is 0.423. The Bertz CT molecular complexity index is 1050. The second-order valence-corrected chi connectivity index (χ2v) is 9.32. The van der Waals surface area contributed by atoms with E-state index in [1.807, 2.05) is 59.5 Å². The molecule has 0 bridgehead atoms. The topological polar surface area (TPSA) is 69.7 Å². The Kier molecular flexibility index (Phi) is 5.24. The number of nitrogens with zero attached hydrogens (tertiary/aromatic N) is 2. The molecule has 5 rings (SSSR count). The summed E-state index contributed by atoms with van der Waals surface area (Å²) in [6, 6.07) is 17.3. The molecule has 1 saturated heterocycles. The summed E-state index contributed by atoms with van der Waals surface area (Å²) in [5.41, 5.74) is 1.96. The third kappa shape index (κ3) is 3.57. The Morgan fingerprint density at radius 2 is 1.84 bits per heavy atom. The highest BCUT2D eigenvalue weighted by Crippen LogP contribution is 2.40. The third-order valence-corrected chi connectivity index (χ3v) is 7.26. The molecule has 32 heavy (non-hydrogen) atoms. The lowest BCUT2D eigenvalue weighted by atomic mass is 9.76. The second-order valence-electron chi connectivity index (χ2n) is 9.32. The quantitative estimate of drug-likeness (QED) is 0.711. The molecule has 2 atom stereocenters. The monoisotopic (exact) mass is 431 g/mol. The maximum atomic E-state index is 13.6. The molecular weight excluding hydrogens is 402 g/mol. The van der Waals surface area contributed by atoms with E-state index in [1.54, 1.807) is 0 Å². The Hall–Kier alpha value is -3.15. The van der Waals surface area contributed by atoms with Crippen LogP contribution in [0.3, 0.4) is 0 Å². The minimum atomic E-state index is -1.04. The molecule has 6 heteroatoms. The number of hydrogen-bond acceptors (Lipinski definition) is 3. The maximum absolute atomic E-state index is 13.6. The lowest BCUT2D eigenvalue weighted by Gasteiger charge is -2.34. The number of hydrogen-bond donors (Lipinski definition) is 1. The summed E-state index contributed by atoms with van der Waals surface area (Å²) in [6.45, 7) is 2.33. The van der Waals surface area contributed by atoms with Crippen molar-refractivity contribution in [3.05, 3.63) is 71.3 Å². The van der Waals surface area contributed by atoms with Crippen molar-refractivity contribution in [2.75, 3.05) is 6.54 Å². The molecule has 2 aliphatic carbocycles. The number of benzene rings is 2. The molecular formula is C26H29N3O3. The van der Waals surface area contributed by atoms with Gasteiger partial charge in [-0.05, 0) is 61.6 Å². The molecule has 2 aromatic carbocycles. The van der Waals surface area contributed by atoms with Crippen LogP contribution in [0.1, 0.15) is 49.3 Å². The Balaban J connectivity index is 1.38. The van der Waals surface area contributed by atoms with Gasteiger partial charge in [0.1, 0.15) is 12.1 Å². The molecule has 2 fully saturated rings. The number of fused-ring (bicyclic) bond motifs is 2. The number of urea groups is 1. The number of nitrogens with one attached hydrogen (secondary N) is 1. The van der Waals surface area contributed by atoms with Crippen LogP contribution in [-0.2, 0) is 28.1 Å².